The molecule has 3 nitrogen and oxygen atoms in total. The summed E-state index contributed by atoms with van der Waals surface area (Å²) >= 11 is 0. The Labute approximate surface area is 134 Å². The minimum Gasteiger partial charge on any atom is -0.288 e. The normalized spacial score (nSPS) is 19.7. The topological polar surface area (TPSA) is 32.3 Å². The molecule has 1 N–H and O–H groups in total. The third-order valence-corrected chi connectivity index (χ3v) is 4.29. The lowest BCUT2D eigenvalue weighted by molar-refractivity contribution is -0.202. The summed E-state index contributed by atoms with van der Waals surface area (Å²) in [7, 11) is 0. The van der Waals surface area contributed by atoms with Gasteiger partial charge in [0.25, 0.3) is 0 Å². The van der Waals surface area contributed by atoms with Crippen LogP contribution in [0.25, 0.3) is 0 Å². The highest BCUT2D eigenvalue weighted by Gasteiger charge is 2.51. The van der Waals surface area contributed by atoms with Crippen LogP contribution in [0.5, 0.6) is 0 Å². The first-order chi connectivity index (χ1) is 10.6. The molecule has 6 heteroatoms. The number of alkyl halides is 3. The second-order valence-electron chi connectivity index (χ2n) is 6.66. The number of nitrogens with zero attached hydrogens (tertiary/aromatic N) is 1. The van der Waals surface area contributed by atoms with Crippen molar-refractivity contribution in [1.29, 1.82) is 0 Å². The van der Waals surface area contributed by atoms with Crippen LogP contribution in [0.4, 0.5) is 13.2 Å². The van der Waals surface area contributed by atoms with E-state index in [2.05, 4.69) is 5.43 Å². The molecule has 128 valence electrons. The molecule has 1 unspecified atom stereocenters. The van der Waals surface area contributed by atoms with E-state index < -0.39 is 17.8 Å². The summed E-state index contributed by atoms with van der Waals surface area (Å²) in [5.74, 6) is -0.364. The standard InChI is InChI=1S/C17H23F3N2O/c1-4-12-6-5-7-13(10-12)8-9-14(17(18,19)20)22-16(2,3)11-15(23)21-22/h5-7,10,14H,4,8-9,11H2,1-3H3,(H,21,23). The molecule has 0 spiro atoms. The van der Waals surface area contributed by atoms with Crippen LogP contribution >= 0.6 is 0 Å². The van der Waals surface area contributed by atoms with Gasteiger partial charge in [-0.1, -0.05) is 31.2 Å². The van der Waals surface area contributed by atoms with E-state index in [1.54, 1.807) is 13.8 Å². The monoisotopic (exact) mass is 328 g/mol. The van der Waals surface area contributed by atoms with Gasteiger partial charge in [0.05, 0.1) is 0 Å². The van der Waals surface area contributed by atoms with Crippen molar-refractivity contribution in [2.75, 3.05) is 0 Å². The molecule has 1 fully saturated rings. The van der Waals surface area contributed by atoms with E-state index in [1.807, 2.05) is 31.2 Å². The van der Waals surface area contributed by atoms with Crippen LogP contribution in [-0.4, -0.2) is 28.7 Å². The van der Waals surface area contributed by atoms with Crippen molar-refractivity contribution in [2.24, 2.45) is 0 Å². The maximum Gasteiger partial charge on any atom is 0.405 e. The fraction of sp³-hybridized carbons (Fsp3) is 0.588. The third-order valence-electron chi connectivity index (χ3n) is 4.29. The highest BCUT2D eigenvalue weighted by molar-refractivity contribution is 5.78. The molecule has 1 aliphatic rings. The second-order valence-corrected chi connectivity index (χ2v) is 6.66. The quantitative estimate of drug-likeness (QED) is 0.895. The highest BCUT2D eigenvalue weighted by atomic mass is 19.4. The zero-order valence-electron chi connectivity index (χ0n) is 13.7. The molecule has 2 rings (SSSR count). The molecule has 0 aliphatic carbocycles. The van der Waals surface area contributed by atoms with Gasteiger partial charge in [0, 0.05) is 12.0 Å². The summed E-state index contributed by atoms with van der Waals surface area (Å²) in [5.41, 5.74) is 3.54. The average molecular weight is 328 g/mol. The van der Waals surface area contributed by atoms with Crippen molar-refractivity contribution in [1.82, 2.24) is 10.4 Å². The molecular weight excluding hydrogens is 305 g/mol. The minimum atomic E-state index is -4.39. The zero-order chi connectivity index (χ0) is 17.3. The number of carbonyl (C=O) groups excluding carboxylic acids is 1. The SMILES string of the molecule is CCc1cccc(CCC(N2NC(=O)CC2(C)C)C(F)(F)F)c1. The number of benzene rings is 1. The van der Waals surface area contributed by atoms with Crippen molar-refractivity contribution in [3.05, 3.63) is 35.4 Å². The van der Waals surface area contributed by atoms with Gasteiger partial charge in [0.15, 0.2) is 0 Å². The van der Waals surface area contributed by atoms with E-state index in [0.717, 1.165) is 22.6 Å². The maximum absolute atomic E-state index is 13.5. The van der Waals surface area contributed by atoms with Crippen LogP contribution in [0.2, 0.25) is 0 Å². The third kappa shape index (κ3) is 4.25. The van der Waals surface area contributed by atoms with E-state index in [9.17, 15) is 18.0 Å². The lowest BCUT2D eigenvalue weighted by Crippen LogP contribution is -2.56. The molecule has 0 radical (unpaired) electrons. The van der Waals surface area contributed by atoms with Gasteiger partial charge in [-0.2, -0.15) is 13.2 Å². The number of halogens is 3. The number of rotatable bonds is 5. The van der Waals surface area contributed by atoms with Gasteiger partial charge in [-0.25, -0.2) is 5.01 Å². The summed E-state index contributed by atoms with van der Waals surface area (Å²) in [4.78, 5) is 11.5. The van der Waals surface area contributed by atoms with Crippen molar-refractivity contribution in [3.8, 4) is 0 Å². The Morgan fingerprint density at radius 3 is 2.48 bits per heavy atom. The highest BCUT2D eigenvalue weighted by Crippen LogP contribution is 2.35. The van der Waals surface area contributed by atoms with Crippen molar-refractivity contribution >= 4 is 5.91 Å². The first kappa shape index (κ1) is 17.8. The van der Waals surface area contributed by atoms with Gasteiger partial charge in [-0.3, -0.25) is 10.2 Å². The van der Waals surface area contributed by atoms with Gasteiger partial charge in [0.2, 0.25) is 5.91 Å². The summed E-state index contributed by atoms with van der Waals surface area (Å²) in [6.45, 7) is 5.32. The van der Waals surface area contributed by atoms with Crippen molar-refractivity contribution < 1.29 is 18.0 Å². The van der Waals surface area contributed by atoms with E-state index in [1.165, 1.54) is 0 Å². The average Bonchev–Trinajstić information content (AvgIpc) is 2.71. The number of carbonyl (C=O) groups is 1. The number of hydrogen-bond donors (Lipinski definition) is 1. The van der Waals surface area contributed by atoms with Gasteiger partial charge in [-0.15, -0.1) is 0 Å². The molecule has 1 atom stereocenters. The number of amides is 1. The fourth-order valence-electron chi connectivity index (χ4n) is 3.05. The lowest BCUT2D eigenvalue weighted by atomic mass is 9.96. The van der Waals surface area contributed by atoms with Gasteiger partial charge in [-0.05, 0) is 44.2 Å². The Kier molecular flexibility index (Phi) is 5.04. The van der Waals surface area contributed by atoms with Crippen molar-refractivity contribution in [3.63, 3.8) is 0 Å². The predicted molar refractivity (Wildman–Crippen MR) is 82.7 cm³/mol. The second kappa shape index (κ2) is 6.51. The Balaban J connectivity index is 2.15. The van der Waals surface area contributed by atoms with E-state index in [4.69, 9.17) is 0 Å². The van der Waals surface area contributed by atoms with Crippen LogP contribution in [0.15, 0.2) is 24.3 Å². The van der Waals surface area contributed by atoms with E-state index in [-0.39, 0.29) is 18.7 Å². The molecule has 1 aromatic carbocycles. The van der Waals surface area contributed by atoms with Gasteiger partial charge in [0.1, 0.15) is 6.04 Å². The first-order valence-corrected chi connectivity index (χ1v) is 7.87. The van der Waals surface area contributed by atoms with Crippen LogP contribution in [0.1, 0.15) is 44.7 Å². The predicted octanol–water partition coefficient (Wildman–Crippen LogP) is 3.63. The van der Waals surface area contributed by atoms with Gasteiger partial charge >= 0.3 is 6.18 Å². The Bertz CT molecular complexity index is 569. The molecule has 0 bridgehead atoms. The fourth-order valence-corrected chi connectivity index (χ4v) is 3.05. The Hall–Kier alpha value is -1.56. The molecular formula is C17H23F3N2O. The molecule has 1 aliphatic heterocycles. The minimum absolute atomic E-state index is 0.0743. The number of hydrogen-bond acceptors (Lipinski definition) is 2. The van der Waals surface area contributed by atoms with Crippen LogP contribution in [0.3, 0.4) is 0 Å². The smallest absolute Gasteiger partial charge is 0.288 e. The largest absolute Gasteiger partial charge is 0.405 e. The molecule has 1 aromatic rings. The number of aryl methyl sites for hydroxylation is 2. The summed E-state index contributed by atoms with van der Waals surface area (Å²) < 4.78 is 40.5. The molecule has 1 amide bonds. The van der Waals surface area contributed by atoms with E-state index >= 15 is 0 Å². The summed E-state index contributed by atoms with van der Waals surface area (Å²) in [5, 5.41) is 1.08. The van der Waals surface area contributed by atoms with Gasteiger partial charge < -0.3 is 0 Å². The molecule has 0 saturated carbocycles. The number of nitrogens with one attached hydrogen (secondary N) is 1. The summed E-state index contributed by atoms with van der Waals surface area (Å²) in [6, 6.07) is 5.95. The van der Waals surface area contributed by atoms with Crippen LogP contribution < -0.4 is 5.43 Å². The number of hydrazine groups is 1. The molecule has 1 saturated heterocycles. The van der Waals surface area contributed by atoms with Crippen LogP contribution in [-0.2, 0) is 17.6 Å². The zero-order valence-corrected chi connectivity index (χ0v) is 13.7. The first-order valence-electron chi connectivity index (χ1n) is 7.87. The van der Waals surface area contributed by atoms with Crippen molar-refractivity contribution in [2.45, 2.75) is 64.2 Å². The Morgan fingerprint density at radius 1 is 1.30 bits per heavy atom. The lowest BCUT2D eigenvalue weighted by Gasteiger charge is -2.37. The summed E-state index contributed by atoms with van der Waals surface area (Å²) in [6.07, 6.45) is -3.23. The maximum atomic E-state index is 13.5. The Morgan fingerprint density at radius 2 is 1.96 bits per heavy atom. The molecule has 23 heavy (non-hydrogen) atoms. The molecule has 0 aromatic heterocycles. The molecule has 1 heterocycles. The van der Waals surface area contributed by atoms with Crippen LogP contribution in [0, 0.1) is 0 Å². The van der Waals surface area contributed by atoms with E-state index in [0.29, 0.717) is 6.42 Å².